The number of benzene rings is 2. The lowest BCUT2D eigenvalue weighted by atomic mass is 10.1. The minimum absolute atomic E-state index is 0.274. The van der Waals surface area contributed by atoms with Crippen molar-refractivity contribution in [2.24, 2.45) is 5.73 Å². The van der Waals surface area contributed by atoms with Crippen molar-refractivity contribution in [1.29, 1.82) is 0 Å². The van der Waals surface area contributed by atoms with Crippen LogP contribution in [0.2, 0.25) is 0 Å². The van der Waals surface area contributed by atoms with Gasteiger partial charge >= 0.3 is 0 Å². The zero-order chi connectivity index (χ0) is 16.6. The molecule has 0 aliphatic heterocycles. The first-order valence-electron chi connectivity index (χ1n) is 8.15. The van der Waals surface area contributed by atoms with Crippen LogP contribution in [0.4, 0.5) is 0 Å². The van der Waals surface area contributed by atoms with Crippen molar-refractivity contribution in [2.45, 2.75) is 26.1 Å². The van der Waals surface area contributed by atoms with Gasteiger partial charge < -0.3 is 10.3 Å². The monoisotopic (exact) mass is 322 g/mol. The Kier molecular flexibility index (Phi) is 5.71. The van der Waals surface area contributed by atoms with Gasteiger partial charge in [-0.3, -0.25) is 4.90 Å². The third-order valence-electron chi connectivity index (χ3n) is 3.86. The summed E-state index contributed by atoms with van der Waals surface area (Å²) in [6.07, 6.45) is 0.981. The fraction of sp³-hybridized carbons (Fsp3) is 0.263. The van der Waals surface area contributed by atoms with Crippen LogP contribution in [0.5, 0.6) is 0 Å². The van der Waals surface area contributed by atoms with Crippen molar-refractivity contribution in [3.8, 4) is 0 Å². The summed E-state index contributed by atoms with van der Waals surface area (Å²) in [4.78, 5) is 6.65. The molecule has 5 nitrogen and oxygen atoms in total. The molecule has 2 N–H and O–H groups in total. The molecule has 0 saturated carbocycles. The lowest BCUT2D eigenvalue weighted by Crippen LogP contribution is -2.26. The number of rotatable bonds is 8. The predicted molar refractivity (Wildman–Crippen MR) is 92.9 cm³/mol. The van der Waals surface area contributed by atoms with E-state index in [9.17, 15) is 0 Å². The molecule has 0 atom stereocenters. The minimum atomic E-state index is 0.274. The quantitative estimate of drug-likeness (QED) is 0.690. The Balaban J connectivity index is 1.67. The summed E-state index contributed by atoms with van der Waals surface area (Å²) in [5.74, 6) is 1.16. The van der Waals surface area contributed by atoms with Gasteiger partial charge in [-0.1, -0.05) is 65.8 Å². The number of aromatic nitrogens is 2. The molecule has 3 aromatic rings. The maximum Gasteiger partial charge on any atom is 0.240 e. The summed E-state index contributed by atoms with van der Waals surface area (Å²) < 4.78 is 5.11. The van der Waals surface area contributed by atoms with Gasteiger partial charge in [-0.2, -0.15) is 4.98 Å². The van der Waals surface area contributed by atoms with E-state index >= 15 is 0 Å². The van der Waals surface area contributed by atoms with Crippen LogP contribution in [0.25, 0.3) is 0 Å². The Bertz CT molecular complexity index is 727. The molecule has 0 fully saturated rings. The van der Waals surface area contributed by atoms with Gasteiger partial charge in [0.15, 0.2) is 5.82 Å². The molecular formula is C19H22N4O. The molecule has 0 radical (unpaired) electrons. The van der Waals surface area contributed by atoms with Gasteiger partial charge in [0.25, 0.3) is 0 Å². The Labute approximate surface area is 142 Å². The van der Waals surface area contributed by atoms with Crippen LogP contribution >= 0.6 is 0 Å². The molecule has 3 rings (SSSR count). The summed E-state index contributed by atoms with van der Waals surface area (Å²) in [5, 5.41) is 4.02. The summed E-state index contributed by atoms with van der Waals surface area (Å²) in [5.41, 5.74) is 8.14. The van der Waals surface area contributed by atoms with E-state index in [1.165, 1.54) is 11.1 Å². The smallest absolute Gasteiger partial charge is 0.240 e. The average Bonchev–Trinajstić information content (AvgIpc) is 3.09. The van der Waals surface area contributed by atoms with Crippen LogP contribution in [-0.2, 0) is 26.1 Å². The van der Waals surface area contributed by atoms with E-state index in [2.05, 4.69) is 63.6 Å². The molecule has 5 heteroatoms. The van der Waals surface area contributed by atoms with Gasteiger partial charge in [0.2, 0.25) is 5.89 Å². The Morgan fingerprint density at radius 1 is 0.875 bits per heavy atom. The first kappa shape index (κ1) is 16.4. The van der Waals surface area contributed by atoms with Crippen molar-refractivity contribution in [3.05, 3.63) is 83.5 Å². The maximum absolute atomic E-state index is 5.54. The van der Waals surface area contributed by atoms with Crippen LogP contribution in [-0.4, -0.2) is 21.6 Å². The van der Waals surface area contributed by atoms with E-state index in [1.807, 2.05) is 12.1 Å². The van der Waals surface area contributed by atoms with Gasteiger partial charge in [0, 0.05) is 13.1 Å². The third kappa shape index (κ3) is 4.75. The summed E-state index contributed by atoms with van der Waals surface area (Å²) in [6, 6.07) is 20.9. The van der Waals surface area contributed by atoms with Crippen LogP contribution in [0.1, 0.15) is 22.8 Å². The lowest BCUT2D eigenvalue weighted by Gasteiger charge is -2.21. The highest BCUT2D eigenvalue weighted by molar-refractivity contribution is 5.16. The zero-order valence-electron chi connectivity index (χ0n) is 13.6. The number of hydrogen-bond acceptors (Lipinski definition) is 5. The van der Waals surface area contributed by atoms with Gasteiger partial charge in [-0.05, 0) is 17.5 Å². The van der Waals surface area contributed by atoms with Crippen molar-refractivity contribution in [2.75, 3.05) is 6.54 Å². The molecule has 124 valence electrons. The molecule has 0 amide bonds. The van der Waals surface area contributed by atoms with E-state index in [1.54, 1.807) is 0 Å². The van der Waals surface area contributed by atoms with Crippen molar-refractivity contribution in [3.63, 3.8) is 0 Å². The topological polar surface area (TPSA) is 68.2 Å². The molecule has 24 heavy (non-hydrogen) atoms. The SMILES string of the molecule is NCc1nc(CN(CCc2ccccc2)Cc2ccccc2)no1. The van der Waals surface area contributed by atoms with Crippen LogP contribution in [0.3, 0.4) is 0 Å². The van der Waals surface area contributed by atoms with Crippen LogP contribution in [0.15, 0.2) is 65.2 Å². The first-order chi connectivity index (χ1) is 11.8. The second kappa shape index (κ2) is 8.38. The molecule has 0 saturated heterocycles. The fourth-order valence-electron chi connectivity index (χ4n) is 2.62. The normalized spacial score (nSPS) is 11.1. The highest BCUT2D eigenvalue weighted by Crippen LogP contribution is 2.10. The van der Waals surface area contributed by atoms with E-state index in [0.29, 0.717) is 18.3 Å². The Morgan fingerprint density at radius 2 is 1.54 bits per heavy atom. The number of nitrogens with two attached hydrogens (primary N) is 1. The zero-order valence-corrected chi connectivity index (χ0v) is 13.6. The van der Waals surface area contributed by atoms with Gasteiger partial charge in [0.1, 0.15) is 0 Å². The van der Waals surface area contributed by atoms with Crippen LogP contribution < -0.4 is 5.73 Å². The molecule has 2 aromatic carbocycles. The molecule has 1 heterocycles. The average molecular weight is 322 g/mol. The largest absolute Gasteiger partial charge is 0.338 e. The van der Waals surface area contributed by atoms with Crippen LogP contribution in [0, 0.1) is 0 Å². The lowest BCUT2D eigenvalue weighted by molar-refractivity contribution is 0.248. The highest BCUT2D eigenvalue weighted by atomic mass is 16.5. The van der Waals surface area contributed by atoms with Gasteiger partial charge in [-0.25, -0.2) is 0 Å². The summed E-state index contributed by atoms with van der Waals surface area (Å²) >= 11 is 0. The second-order valence-electron chi connectivity index (χ2n) is 5.74. The van der Waals surface area contributed by atoms with E-state index in [4.69, 9.17) is 10.3 Å². The molecule has 0 aliphatic carbocycles. The van der Waals surface area contributed by atoms with E-state index < -0.39 is 0 Å². The van der Waals surface area contributed by atoms with Crippen molar-refractivity contribution in [1.82, 2.24) is 15.0 Å². The first-order valence-corrected chi connectivity index (χ1v) is 8.15. The minimum Gasteiger partial charge on any atom is -0.338 e. The van der Waals surface area contributed by atoms with Crippen molar-refractivity contribution >= 4 is 0 Å². The molecule has 0 unspecified atom stereocenters. The Hall–Kier alpha value is -2.50. The standard InChI is InChI=1S/C19H22N4O/c20-13-19-21-18(22-24-19)15-23(14-17-9-5-2-6-10-17)12-11-16-7-3-1-4-8-16/h1-10H,11-15,20H2. The summed E-state index contributed by atoms with van der Waals surface area (Å²) in [6.45, 7) is 2.69. The maximum atomic E-state index is 5.54. The highest BCUT2D eigenvalue weighted by Gasteiger charge is 2.12. The summed E-state index contributed by atoms with van der Waals surface area (Å²) in [7, 11) is 0. The molecule has 0 aliphatic rings. The van der Waals surface area contributed by atoms with Gasteiger partial charge in [0.05, 0.1) is 13.1 Å². The molecular weight excluding hydrogens is 300 g/mol. The molecule has 0 bridgehead atoms. The third-order valence-corrected chi connectivity index (χ3v) is 3.86. The number of hydrogen-bond donors (Lipinski definition) is 1. The van der Waals surface area contributed by atoms with Gasteiger partial charge in [-0.15, -0.1) is 0 Å². The van der Waals surface area contributed by atoms with E-state index in [0.717, 1.165) is 19.5 Å². The van der Waals surface area contributed by atoms with Crippen molar-refractivity contribution < 1.29 is 4.52 Å². The molecule has 1 aromatic heterocycles. The fourth-order valence-corrected chi connectivity index (χ4v) is 2.62. The Morgan fingerprint density at radius 3 is 2.17 bits per heavy atom. The number of nitrogens with zero attached hydrogens (tertiary/aromatic N) is 3. The molecule has 0 spiro atoms. The van der Waals surface area contributed by atoms with E-state index in [-0.39, 0.29) is 6.54 Å². The predicted octanol–water partition coefficient (Wildman–Crippen LogP) is 2.77. The second-order valence-corrected chi connectivity index (χ2v) is 5.74.